The number of benzene rings is 1. The number of carboxylic acids is 1. The second kappa shape index (κ2) is 7.07. The lowest BCUT2D eigenvalue weighted by atomic mass is 10.1. The van der Waals surface area contributed by atoms with Gasteiger partial charge in [-0.25, -0.2) is 4.79 Å². The van der Waals surface area contributed by atoms with Crippen LogP contribution in [-0.2, 0) is 4.79 Å². The summed E-state index contributed by atoms with van der Waals surface area (Å²) in [4.78, 5) is 32.0. The Morgan fingerprint density at radius 1 is 1.45 bits per heavy atom. The molecule has 20 heavy (non-hydrogen) atoms. The van der Waals surface area contributed by atoms with Crippen molar-refractivity contribution in [2.45, 2.75) is 13.3 Å². The molecule has 0 aliphatic carbocycles. The maximum atomic E-state index is 11.2. The van der Waals surface area contributed by atoms with E-state index in [1.165, 1.54) is 6.07 Å². The van der Waals surface area contributed by atoms with Gasteiger partial charge in [0.2, 0.25) is 5.91 Å². The predicted octanol–water partition coefficient (Wildman–Crippen LogP) is 1.20. The Labute approximate surface area is 114 Å². The Morgan fingerprint density at radius 2 is 2.15 bits per heavy atom. The van der Waals surface area contributed by atoms with Crippen molar-refractivity contribution >= 4 is 17.6 Å². The van der Waals surface area contributed by atoms with E-state index >= 15 is 0 Å². The predicted molar refractivity (Wildman–Crippen MR) is 68.9 cm³/mol. The van der Waals surface area contributed by atoms with E-state index < -0.39 is 22.1 Å². The second-order valence-corrected chi connectivity index (χ2v) is 3.79. The number of ether oxygens (including phenoxy) is 1. The zero-order valence-corrected chi connectivity index (χ0v) is 10.8. The highest BCUT2D eigenvalue weighted by molar-refractivity contribution is 5.92. The number of rotatable bonds is 7. The third kappa shape index (κ3) is 4.23. The highest BCUT2D eigenvalue weighted by Gasteiger charge is 2.20. The molecule has 0 saturated carbocycles. The lowest BCUT2D eigenvalue weighted by Crippen LogP contribution is -2.24. The molecule has 0 saturated heterocycles. The molecule has 1 aromatic carbocycles. The molecule has 0 radical (unpaired) electrons. The van der Waals surface area contributed by atoms with E-state index in [1.54, 1.807) is 6.92 Å². The molecule has 1 amide bonds. The van der Waals surface area contributed by atoms with Gasteiger partial charge in [-0.3, -0.25) is 14.9 Å². The van der Waals surface area contributed by atoms with Crippen LogP contribution >= 0.6 is 0 Å². The number of hydrogen-bond donors (Lipinski definition) is 2. The molecule has 0 spiro atoms. The van der Waals surface area contributed by atoms with Crippen LogP contribution < -0.4 is 10.1 Å². The van der Waals surface area contributed by atoms with Crippen LogP contribution in [0, 0.1) is 10.1 Å². The topological polar surface area (TPSA) is 119 Å². The number of hydrogen-bond acceptors (Lipinski definition) is 5. The van der Waals surface area contributed by atoms with Crippen molar-refractivity contribution in [2.24, 2.45) is 0 Å². The summed E-state index contributed by atoms with van der Waals surface area (Å²) in [5, 5.41) is 22.1. The summed E-state index contributed by atoms with van der Waals surface area (Å²) in [5.74, 6) is -1.43. The third-order valence-corrected chi connectivity index (χ3v) is 2.37. The summed E-state index contributed by atoms with van der Waals surface area (Å²) in [6, 6.07) is 3.42. The maximum absolute atomic E-state index is 11.2. The van der Waals surface area contributed by atoms with E-state index in [0.717, 1.165) is 12.1 Å². The van der Waals surface area contributed by atoms with Crippen molar-refractivity contribution in [3.05, 3.63) is 33.9 Å². The second-order valence-electron chi connectivity index (χ2n) is 3.79. The van der Waals surface area contributed by atoms with E-state index in [9.17, 15) is 19.7 Å². The minimum atomic E-state index is -1.41. The summed E-state index contributed by atoms with van der Waals surface area (Å²) in [7, 11) is 0. The van der Waals surface area contributed by atoms with Crippen molar-refractivity contribution in [3.8, 4) is 5.75 Å². The van der Waals surface area contributed by atoms with Crippen LogP contribution in [0.2, 0.25) is 0 Å². The van der Waals surface area contributed by atoms with Crippen molar-refractivity contribution < 1.29 is 24.4 Å². The molecule has 0 heterocycles. The van der Waals surface area contributed by atoms with Crippen LogP contribution in [0.4, 0.5) is 5.69 Å². The van der Waals surface area contributed by atoms with Crippen molar-refractivity contribution in [1.82, 2.24) is 5.32 Å². The Morgan fingerprint density at radius 3 is 2.70 bits per heavy atom. The van der Waals surface area contributed by atoms with E-state index in [-0.39, 0.29) is 24.7 Å². The number of carbonyl (C=O) groups is 2. The van der Waals surface area contributed by atoms with Crippen molar-refractivity contribution in [1.29, 1.82) is 0 Å². The van der Waals surface area contributed by atoms with Gasteiger partial charge in [-0.15, -0.1) is 0 Å². The van der Waals surface area contributed by atoms with Gasteiger partial charge in [0.05, 0.1) is 18.0 Å². The number of amides is 1. The zero-order chi connectivity index (χ0) is 15.1. The first-order chi connectivity index (χ1) is 9.45. The van der Waals surface area contributed by atoms with Gasteiger partial charge >= 0.3 is 5.97 Å². The molecule has 1 aromatic rings. The number of nitro groups is 1. The average Bonchev–Trinajstić information content (AvgIpc) is 2.38. The van der Waals surface area contributed by atoms with Gasteiger partial charge in [0.15, 0.2) is 0 Å². The number of nitrogens with one attached hydrogen (secondary N) is 1. The van der Waals surface area contributed by atoms with Crippen LogP contribution in [0.3, 0.4) is 0 Å². The molecule has 0 aliphatic rings. The van der Waals surface area contributed by atoms with E-state index in [2.05, 4.69) is 5.32 Å². The standard InChI is InChI=1S/C12H14N2O6/c1-2-13-11(15)5-6-20-8-3-4-10(14(18)19)9(7-8)12(16)17/h3-4,7H,2,5-6H2,1H3,(H,13,15)(H,16,17). The smallest absolute Gasteiger partial charge is 0.342 e. The minimum Gasteiger partial charge on any atom is -0.493 e. The lowest BCUT2D eigenvalue weighted by molar-refractivity contribution is -0.385. The minimum absolute atomic E-state index is 0.0582. The Hall–Kier alpha value is -2.64. The van der Waals surface area contributed by atoms with Gasteiger partial charge in [0.1, 0.15) is 11.3 Å². The molecular weight excluding hydrogens is 268 g/mol. The number of aromatic carboxylic acids is 1. The van der Waals surface area contributed by atoms with Crippen LogP contribution in [0.1, 0.15) is 23.7 Å². The fourth-order valence-electron chi connectivity index (χ4n) is 1.48. The van der Waals surface area contributed by atoms with Crippen LogP contribution in [0.15, 0.2) is 18.2 Å². The Bertz CT molecular complexity index is 529. The molecule has 0 unspecified atom stereocenters. The van der Waals surface area contributed by atoms with Crippen LogP contribution in [-0.4, -0.2) is 35.1 Å². The van der Waals surface area contributed by atoms with Gasteiger partial charge in [-0.05, 0) is 13.0 Å². The average molecular weight is 282 g/mol. The first kappa shape index (κ1) is 15.4. The molecule has 108 valence electrons. The monoisotopic (exact) mass is 282 g/mol. The molecule has 0 bridgehead atoms. The van der Waals surface area contributed by atoms with Crippen LogP contribution in [0.5, 0.6) is 5.75 Å². The number of carboxylic acid groups (broad SMARTS) is 1. The molecule has 0 atom stereocenters. The summed E-state index contributed by atoms with van der Waals surface area (Å²) < 4.78 is 5.20. The van der Waals surface area contributed by atoms with E-state index in [1.807, 2.05) is 0 Å². The number of carbonyl (C=O) groups excluding carboxylic acids is 1. The zero-order valence-electron chi connectivity index (χ0n) is 10.8. The molecular formula is C12H14N2O6. The fraction of sp³-hybridized carbons (Fsp3) is 0.333. The van der Waals surface area contributed by atoms with Gasteiger partial charge in [-0.1, -0.05) is 0 Å². The molecule has 1 rings (SSSR count). The molecule has 8 nitrogen and oxygen atoms in total. The highest BCUT2D eigenvalue weighted by Crippen LogP contribution is 2.24. The number of nitro benzene ring substituents is 1. The third-order valence-electron chi connectivity index (χ3n) is 2.37. The Balaban J connectivity index is 2.73. The Kier molecular flexibility index (Phi) is 5.45. The summed E-state index contributed by atoms with van der Waals surface area (Å²) >= 11 is 0. The van der Waals surface area contributed by atoms with Gasteiger partial charge in [-0.2, -0.15) is 0 Å². The normalized spacial score (nSPS) is 9.85. The first-order valence-electron chi connectivity index (χ1n) is 5.87. The van der Waals surface area contributed by atoms with Gasteiger partial charge in [0.25, 0.3) is 5.69 Å². The first-order valence-corrected chi connectivity index (χ1v) is 5.87. The summed E-state index contributed by atoms with van der Waals surface area (Å²) in [6.45, 7) is 2.36. The summed E-state index contributed by atoms with van der Waals surface area (Å²) in [5.41, 5.74) is -0.959. The van der Waals surface area contributed by atoms with Crippen LogP contribution in [0.25, 0.3) is 0 Å². The molecule has 0 aliphatic heterocycles. The highest BCUT2D eigenvalue weighted by atomic mass is 16.6. The molecule has 8 heteroatoms. The van der Waals surface area contributed by atoms with Crippen molar-refractivity contribution in [3.63, 3.8) is 0 Å². The quantitative estimate of drug-likeness (QED) is 0.573. The van der Waals surface area contributed by atoms with Crippen molar-refractivity contribution in [2.75, 3.05) is 13.2 Å². The number of nitrogens with zero attached hydrogens (tertiary/aromatic N) is 1. The molecule has 0 fully saturated rings. The lowest BCUT2D eigenvalue weighted by Gasteiger charge is -2.07. The SMILES string of the molecule is CCNC(=O)CCOc1ccc([N+](=O)[O-])c(C(=O)O)c1. The summed E-state index contributed by atoms with van der Waals surface area (Å²) in [6.07, 6.45) is 0.118. The van der Waals surface area contributed by atoms with Gasteiger partial charge < -0.3 is 15.2 Å². The van der Waals surface area contributed by atoms with Gasteiger partial charge in [0, 0.05) is 18.7 Å². The maximum Gasteiger partial charge on any atom is 0.342 e. The largest absolute Gasteiger partial charge is 0.493 e. The van der Waals surface area contributed by atoms with E-state index in [0.29, 0.717) is 6.54 Å². The van der Waals surface area contributed by atoms with E-state index in [4.69, 9.17) is 9.84 Å². The molecule has 0 aromatic heterocycles. The fourth-order valence-corrected chi connectivity index (χ4v) is 1.48. The molecule has 2 N–H and O–H groups in total.